The summed E-state index contributed by atoms with van der Waals surface area (Å²) in [6.45, 7) is 8.61. The van der Waals surface area contributed by atoms with Crippen LogP contribution in [0.5, 0.6) is 0 Å². The molecular weight excluding hydrogens is 429 g/mol. The van der Waals surface area contributed by atoms with Crippen molar-refractivity contribution in [1.82, 2.24) is 20.8 Å². The van der Waals surface area contributed by atoms with E-state index in [1.807, 2.05) is 0 Å². The third-order valence-electron chi connectivity index (χ3n) is 4.06. The van der Waals surface area contributed by atoms with Gasteiger partial charge in [0, 0.05) is 25.4 Å². The van der Waals surface area contributed by atoms with Crippen LogP contribution in [-0.4, -0.2) is 35.7 Å². The first-order valence-corrected chi connectivity index (χ1v) is 9.21. The molecular formula is C18H32IN5O. The molecule has 1 aliphatic carbocycles. The van der Waals surface area contributed by atoms with Gasteiger partial charge in [-0.25, -0.2) is 0 Å². The van der Waals surface area contributed by atoms with Crippen LogP contribution >= 0.6 is 24.0 Å². The summed E-state index contributed by atoms with van der Waals surface area (Å²) in [5.74, 6) is 2.57. The summed E-state index contributed by atoms with van der Waals surface area (Å²) < 4.78 is 5.25. The van der Waals surface area contributed by atoms with E-state index in [4.69, 9.17) is 4.52 Å². The quantitative estimate of drug-likeness (QED) is 0.267. The predicted molar refractivity (Wildman–Crippen MR) is 113 cm³/mol. The lowest BCUT2D eigenvalue weighted by molar-refractivity contribution is 0.372. The van der Waals surface area contributed by atoms with E-state index in [0.717, 1.165) is 31.3 Å². The van der Waals surface area contributed by atoms with E-state index < -0.39 is 0 Å². The highest BCUT2D eigenvalue weighted by atomic mass is 127. The van der Waals surface area contributed by atoms with Gasteiger partial charge >= 0.3 is 0 Å². The van der Waals surface area contributed by atoms with Crippen LogP contribution in [0.1, 0.15) is 70.5 Å². The highest BCUT2D eigenvalue weighted by molar-refractivity contribution is 14.0. The van der Waals surface area contributed by atoms with Crippen LogP contribution in [0.2, 0.25) is 0 Å². The van der Waals surface area contributed by atoms with Gasteiger partial charge in [0.25, 0.3) is 0 Å². The number of hydrogen-bond acceptors (Lipinski definition) is 4. The van der Waals surface area contributed by atoms with Gasteiger partial charge in [-0.1, -0.05) is 30.7 Å². The van der Waals surface area contributed by atoms with E-state index in [2.05, 4.69) is 52.6 Å². The molecule has 0 spiro atoms. The molecule has 1 aromatic rings. The molecule has 0 unspecified atom stereocenters. The zero-order chi connectivity index (χ0) is 17.2. The largest absolute Gasteiger partial charge is 0.357 e. The molecule has 0 aromatic carbocycles. The van der Waals surface area contributed by atoms with E-state index in [-0.39, 0.29) is 24.0 Å². The molecule has 1 aromatic heterocycles. The number of rotatable bonds is 8. The minimum absolute atomic E-state index is 0. The van der Waals surface area contributed by atoms with Crippen molar-refractivity contribution in [2.75, 3.05) is 19.6 Å². The number of guanidine groups is 1. The summed E-state index contributed by atoms with van der Waals surface area (Å²) >= 11 is 0. The molecule has 25 heavy (non-hydrogen) atoms. The molecule has 1 heterocycles. The summed E-state index contributed by atoms with van der Waals surface area (Å²) in [6.07, 6.45) is 9.35. The van der Waals surface area contributed by atoms with Gasteiger partial charge in [-0.2, -0.15) is 4.98 Å². The molecule has 6 nitrogen and oxygen atoms in total. The predicted octanol–water partition coefficient (Wildman–Crippen LogP) is 3.80. The summed E-state index contributed by atoms with van der Waals surface area (Å²) in [5, 5.41) is 10.7. The first-order valence-electron chi connectivity index (χ1n) is 9.21. The lowest BCUT2D eigenvalue weighted by atomic mass is 9.97. The summed E-state index contributed by atoms with van der Waals surface area (Å²) in [6, 6.07) is 0. The molecule has 2 N–H and O–H groups in total. The Morgan fingerprint density at radius 3 is 2.76 bits per heavy atom. The third-order valence-corrected chi connectivity index (χ3v) is 4.06. The SMILES string of the molecule is CCNC(=NCCc1nc(C(C)C)no1)NCCC1=CCCCC1.I. The number of aliphatic imine (C=N–C) groups is 1. The molecule has 0 aliphatic heterocycles. The maximum absolute atomic E-state index is 5.25. The average Bonchev–Trinajstić information content (AvgIpc) is 3.05. The van der Waals surface area contributed by atoms with Gasteiger partial charge < -0.3 is 15.2 Å². The number of nitrogens with zero attached hydrogens (tertiary/aromatic N) is 3. The van der Waals surface area contributed by atoms with E-state index in [1.54, 1.807) is 5.57 Å². The molecule has 0 saturated heterocycles. The summed E-state index contributed by atoms with van der Waals surface area (Å²) in [5.41, 5.74) is 1.58. The fourth-order valence-corrected chi connectivity index (χ4v) is 2.68. The van der Waals surface area contributed by atoms with E-state index in [1.165, 1.54) is 25.7 Å². The van der Waals surface area contributed by atoms with Crippen molar-refractivity contribution in [3.05, 3.63) is 23.4 Å². The van der Waals surface area contributed by atoms with Gasteiger partial charge in [0.15, 0.2) is 11.8 Å². The average molecular weight is 461 g/mol. The fourth-order valence-electron chi connectivity index (χ4n) is 2.68. The first kappa shape index (κ1) is 21.9. The third kappa shape index (κ3) is 8.20. The number of allylic oxidation sites excluding steroid dienone is 1. The lowest BCUT2D eigenvalue weighted by Gasteiger charge is -2.15. The molecule has 0 bridgehead atoms. The molecule has 1 aliphatic rings. The standard InChI is InChI=1S/C18H31N5O.HI/c1-4-19-18(20-12-10-15-8-6-5-7-9-15)21-13-11-16-22-17(14(2)3)23-24-16;/h8,14H,4-7,9-13H2,1-3H3,(H2,19,20,21);1H. The zero-order valence-corrected chi connectivity index (χ0v) is 18.0. The van der Waals surface area contributed by atoms with Gasteiger partial charge in [-0.3, -0.25) is 4.99 Å². The Morgan fingerprint density at radius 2 is 2.12 bits per heavy atom. The van der Waals surface area contributed by atoms with E-state index in [9.17, 15) is 0 Å². The highest BCUT2D eigenvalue weighted by Gasteiger charge is 2.09. The molecule has 7 heteroatoms. The van der Waals surface area contributed by atoms with Gasteiger partial charge in [-0.05, 0) is 39.0 Å². The Hall–Kier alpha value is -1.12. The van der Waals surface area contributed by atoms with Crippen LogP contribution in [-0.2, 0) is 6.42 Å². The van der Waals surface area contributed by atoms with E-state index >= 15 is 0 Å². The van der Waals surface area contributed by atoms with Crippen molar-refractivity contribution in [1.29, 1.82) is 0 Å². The van der Waals surface area contributed by atoms with E-state index in [0.29, 0.717) is 24.8 Å². The Kier molecular flexibility index (Phi) is 10.8. The maximum Gasteiger partial charge on any atom is 0.228 e. The van der Waals surface area contributed by atoms with Gasteiger partial charge in [0.1, 0.15) is 0 Å². The van der Waals surface area contributed by atoms with Crippen molar-refractivity contribution >= 4 is 29.9 Å². The Labute approximate surface area is 168 Å². The number of aromatic nitrogens is 2. The molecule has 142 valence electrons. The van der Waals surface area contributed by atoms with Gasteiger partial charge in [0.05, 0.1) is 6.54 Å². The smallest absolute Gasteiger partial charge is 0.228 e. The van der Waals surface area contributed by atoms with Crippen molar-refractivity contribution < 1.29 is 4.52 Å². The normalized spacial score (nSPS) is 14.9. The first-order chi connectivity index (χ1) is 11.7. The van der Waals surface area contributed by atoms with Crippen molar-refractivity contribution in [2.24, 2.45) is 4.99 Å². The van der Waals surface area contributed by atoms with Crippen LogP contribution in [0, 0.1) is 0 Å². The van der Waals surface area contributed by atoms with Crippen LogP contribution in [0.25, 0.3) is 0 Å². The second kappa shape index (κ2) is 12.3. The van der Waals surface area contributed by atoms with Crippen LogP contribution < -0.4 is 10.6 Å². The van der Waals surface area contributed by atoms with Crippen molar-refractivity contribution in [3.63, 3.8) is 0 Å². The van der Waals surface area contributed by atoms with Crippen molar-refractivity contribution in [3.8, 4) is 0 Å². The number of halogens is 1. The van der Waals surface area contributed by atoms with Gasteiger partial charge in [-0.15, -0.1) is 24.0 Å². The molecule has 0 radical (unpaired) electrons. The topological polar surface area (TPSA) is 75.3 Å². The van der Waals surface area contributed by atoms with Crippen LogP contribution in [0.15, 0.2) is 21.2 Å². The fraction of sp³-hybridized carbons (Fsp3) is 0.722. The minimum Gasteiger partial charge on any atom is -0.357 e. The lowest BCUT2D eigenvalue weighted by Crippen LogP contribution is -2.38. The minimum atomic E-state index is 0. The highest BCUT2D eigenvalue weighted by Crippen LogP contribution is 2.19. The molecule has 0 atom stereocenters. The van der Waals surface area contributed by atoms with Gasteiger partial charge in [0.2, 0.25) is 5.89 Å². The Balaban J connectivity index is 0.00000312. The molecule has 0 amide bonds. The second-order valence-electron chi connectivity index (χ2n) is 6.50. The monoisotopic (exact) mass is 461 g/mol. The zero-order valence-electron chi connectivity index (χ0n) is 15.7. The maximum atomic E-state index is 5.25. The molecule has 0 fully saturated rings. The second-order valence-corrected chi connectivity index (χ2v) is 6.50. The number of hydrogen-bond donors (Lipinski definition) is 2. The summed E-state index contributed by atoms with van der Waals surface area (Å²) in [4.78, 5) is 8.97. The van der Waals surface area contributed by atoms with Crippen LogP contribution in [0.3, 0.4) is 0 Å². The Bertz CT molecular complexity index is 553. The number of nitrogens with one attached hydrogen (secondary N) is 2. The molecule has 2 rings (SSSR count). The van der Waals surface area contributed by atoms with Crippen LogP contribution in [0.4, 0.5) is 0 Å². The van der Waals surface area contributed by atoms with Crippen molar-refractivity contribution in [2.45, 2.75) is 65.2 Å². The summed E-state index contributed by atoms with van der Waals surface area (Å²) in [7, 11) is 0. The molecule has 0 saturated carbocycles. The Morgan fingerprint density at radius 1 is 1.28 bits per heavy atom.